The van der Waals surface area contributed by atoms with E-state index in [-0.39, 0.29) is 34.3 Å². The van der Waals surface area contributed by atoms with Gasteiger partial charge in [-0.2, -0.15) is 4.31 Å². The summed E-state index contributed by atoms with van der Waals surface area (Å²) >= 11 is 0. The lowest BCUT2D eigenvalue weighted by atomic mass is 10.0. The Morgan fingerprint density at radius 3 is 2.72 bits per heavy atom. The molecule has 0 spiro atoms. The maximum atomic E-state index is 13.6. The highest BCUT2D eigenvalue weighted by Crippen LogP contribution is 2.34. The maximum absolute atomic E-state index is 13.6. The number of benzene rings is 1. The standard InChI is InChI=1S/C21H29N5O5S/c1-30-17-8-9-19(31-2)20(13-17)32(28,29)26-11-4-3-5-16(26)10-12-25-14-18(23-24-25)21(27)22-15-6-7-15/h8-9,13-16H,3-7,10-12H2,1-2H3,(H,22,27). The number of nitrogens with one attached hydrogen (secondary N) is 1. The van der Waals surface area contributed by atoms with E-state index >= 15 is 0 Å². The zero-order valence-electron chi connectivity index (χ0n) is 18.4. The van der Waals surface area contributed by atoms with E-state index in [1.165, 1.54) is 20.3 Å². The SMILES string of the molecule is COc1ccc(OC)c(S(=O)(=O)N2CCCCC2CCn2cc(C(=O)NC3CC3)nn2)c1. The summed E-state index contributed by atoms with van der Waals surface area (Å²) in [6.45, 7) is 0.912. The second-order valence-corrected chi connectivity index (χ2v) is 10.0. The third-order valence-corrected chi connectivity index (χ3v) is 7.88. The average molecular weight is 464 g/mol. The number of nitrogens with zero attached hydrogens (tertiary/aromatic N) is 4. The van der Waals surface area contributed by atoms with Gasteiger partial charge in [0.1, 0.15) is 16.4 Å². The highest BCUT2D eigenvalue weighted by atomic mass is 32.2. The van der Waals surface area contributed by atoms with Crippen LogP contribution < -0.4 is 14.8 Å². The fourth-order valence-electron chi connectivity index (χ4n) is 3.97. The van der Waals surface area contributed by atoms with Crippen molar-refractivity contribution in [1.29, 1.82) is 0 Å². The Morgan fingerprint density at radius 2 is 2.00 bits per heavy atom. The molecule has 2 aliphatic rings. The molecule has 2 aromatic rings. The number of aryl methyl sites for hydroxylation is 1. The van der Waals surface area contributed by atoms with Gasteiger partial charge in [0, 0.05) is 31.2 Å². The van der Waals surface area contributed by atoms with E-state index in [0.717, 1.165) is 32.1 Å². The number of methoxy groups -OCH3 is 2. The summed E-state index contributed by atoms with van der Waals surface area (Å²) in [4.78, 5) is 12.2. The molecule has 1 N–H and O–H groups in total. The fourth-order valence-corrected chi connectivity index (χ4v) is 5.87. The summed E-state index contributed by atoms with van der Waals surface area (Å²) in [6, 6.07) is 4.85. The van der Waals surface area contributed by atoms with Gasteiger partial charge in [-0.15, -0.1) is 5.10 Å². The monoisotopic (exact) mass is 463 g/mol. The van der Waals surface area contributed by atoms with Gasteiger partial charge in [0.15, 0.2) is 5.69 Å². The quantitative estimate of drug-likeness (QED) is 0.603. The van der Waals surface area contributed by atoms with Crippen molar-refractivity contribution in [2.24, 2.45) is 0 Å². The minimum atomic E-state index is -3.79. The van der Waals surface area contributed by atoms with Crippen LogP contribution in [0.25, 0.3) is 0 Å². The maximum Gasteiger partial charge on any atom is 0.273 e. The molecule has 1 saturated heterocycles. The van der Waals surface area contributed by atoms with Crippen LogP contribution in [0.2, 0.25) is 0 Å². The number of carbonyl (C=O) groups is 1. The number of aromatic nitrogens is 3. The second-order valence-electron chi connectivity index (χ2n) is 8.19. The number of hydrogen-bond acceptors (Lipinski definition) is 7. The largest absolute Gasteiger partial charge is 0.497 e. The molecule has 1 aromatic carbocycles. The second kappa shape index (κ2) is 9.45. The number of rotatable bonds is 9. The van der Waals surface area contributed by atoms with E-state index in [4.69, 9.17) is 9.47 Å². The van der Waals surface area contributed by atoms with Crippen LogP contribution in [0.4, 0.5) is 0 Å². The van der Waals surface area contributed by atoms with Gasteiger partial charge in [0.2, 0.25) is 10.0 Å². The molecular formula is C21H29N5O5S. The Bertz CT molecular complexity index is 1070. The lowest BCUT2D eigenvalue weighted by Gasteiger charge is -2.35. The van der Waals surface area contributed by atoms with Crippen LogP contribution in [0.5, 0.6) is 11.5 Å². The third kappa shape index (κ3) is 4.88. The minimum absolute atomic E-state index is 0.103. The van der Waals surface area contributed by atoms with E-state index in [9.17, 15) is 13.2 Å². The molecule has 2 heterocycles. The van der Waals surface area contributed by atoms with Crippen molar-refractivity contribution in [2.75, 3.05) is 20.8 Å². The smallest absolute Gasteiger partial charge is 0.273 e. The Hall–Kier alpha value is -2.66. The fraction of sp³-hybridized carbons (Fsp3) is 0.571. The normalized spacial score (nSPS) is 19.5. The first-order chi connectivity index (χ1) is 15.4. The van der Waals surface area contributed by atoms with E-state index in [2.05, 4.69) is 15.6 Å². The highest BCUT2D eigenvalue weighted by molar-refractivity contribution is 7.89. The third-order valence-electron chi connectivity index (χ3n) is 5.91. The Labute approximate surface area is 187 Å². The summed E-state index contributed by atoms with van der Waals surface area (Å²) < 4.78 is 40.8. The number of amides is 1. The van der Waals surface area contributed by atoms with Gasteiger partial charge in [0.05, 0.1) is 20.4 Å². The summed E-state index contributed by atoms with van der Waals surface area (Å²) in [7, 11) is -0.833. The first-order valence-corrected chi connectivity index (χ1v) is 12.3. The molecule has 1 saturated carbocycles. The molecule has 1 atom stereocenters. The summed E-state index contributed by atoms with van der Waals surface area (Å²) in [6.07, 6.45) is 6.71. The van der Waals surface area contributed by atoms with Crippen LogP contribution in [0.15, 0.2) is 29.3 Å². The first kappa shape index (κ1) is 22.5. The molecular weight excluding hydrogens is 434 g/mol. The number of ether oxygens (including phenoxy) is 2. The van der Waals surface area contributed by atoms with Gasteiger partial charge in [-0.05, 0) is 44.2 Å². The van der Waals surface area contributed by atoms with Crippen LogP contribution in [-0.2, 0) is 16.6 Å². The number of carbonyl (C=O) groups excluding carboxylic acids is 1. The minimum Gasteiger partial charge on any atom is -0.497 e. The lowest BCUT2D eigenvalue weighted by Crippen LogP contribution is -2.44. The molecule has 0 bridgehead atoms. The topological polar surface area (TPSA) is 116 Å². The van der Waals surface area contributed by atoms with Gasteiger partial charge >= 0.3 is 0 Å². The van der Waals surface area contributed by atoms with Crippen molar-refractivity contribution in [3.05, 3.63) is 30.1 Å². The van der Waals surface area contributed by atoms with Gasteiger partial charge in [-0.25, -0.2) is 8.42 Å². The molecule has 32 heavy (non-hydrogen) atoms. The lowest BCUT2D eigenvalue weighted by molar-refractivity contribution is 0.0946. The molecule has 11 heteroatoms. The van der Waals surface area contributed by atoms with E-state index in [1.54, 1.807) is 27.3 Å². The summed E-state index contributed by atoms with van der Waals surface area (Å²) in [5, 5.41) is 10.9. The van der Waals surface area contributed by atoms with Crippen LogP contribution in [0.1, 0.15) is 49.0 Å². The molecule has 1 aromatic heterocycles. The highest BCUT2D eigenvalue weighted by Gasteiger charge is 2.35. The first-order valence-electron chi connectivity index (χ1n) is 10.9. The zero-order chi connectivity index (χ0) is 22.7. The van der Waals surface area contributed by atoms with E-state index < -0.39 is 10.0 Å². The van der Waals surface area contributed by atoms with Gasteiger partial charge in [0.25, 0.3) is 5.91 Å². The molecule has 1 amide bonds. The van der Waals surface area contributed by atoms with Gasteiger partial charge < -0.3 is 14.8 Å². The molecule has 2 fully saturated rings. The van der Waals surface area contributed by atoms with Gasteiger partial charge in [-0.1, -0.05) is 11.6 Å². The van der Waals surface area contributed by atoms with Crippen LogP contribution in [0.3, 0.4) is 0 Å². The molecule has 1 aliphatic carbocycles. The number of piperidine rings is 1. The van der Waals surface area contributed by atoms with Crippen LogP contribution in [-0.4, -0.2) is 66.5 Å². The molecule has 10 nitrogen and oxygen atoms in total. The molecule has 0 radical (unpaired) electrons. The summed E-state index contributed by atoms with van der Waals surface area (Å²) in [5.74, 6) is 0.529. The van der Waals surface area contributed by atoms with Crippen molar-refractivity contribution >= 4 is 15.9 Å². The van der Waals surface area contributed by atoms with Crippen molar-refractivity contribution in [3.8, 4) is 11.5 Å². The molecule has 1 unspecified atom stereocenters. The average Bonchev–Trinajstić information content (AvgIpc) is 3.49. The zero-order valence-corrected chi connectivity index (χ0v) is 19.2. The number of sulfonamides is 1. The molecule has 1 aliphatic heterocycles. The molecule has 4 rings (SSSR count). The van der Waals surface area contributed by atoms with Crippen molar-refractivity contribution in [1.82, 2.24) is 24.6 Å². The molecule has 174 valence electrons. The van der Waals surface area contributed by atoms with E-state index in [1.807, 2.05) is 0 Å². The van der Waals surface area contributed by atoms with Gasteiger partial charge in [-0.3, -0.25) is 9.48 Å². The van der Waals surface area contributed by atoms with Crippen molar-refractivity contribution < 1.29 is 22.7 Å². The van der Waals surface area contributed by atoms with E-state index in [0.29, 0.717) is 25.3 Å². The number of hydrogen-bond donors (Lipinski definition) is 1. The van der Waals surface area contributed by atoms with Crippen LogP contribution in [0, 0.1) is 0 Å². The van der Waals surface area contributed by atoms with Crippen molar-refractivity contribution in [2.45, 2.75) is 62.0 Å². The predicted molar refractivity (Wildman–Crippen MR) is 116 cm³/mol. The Kier molecular flexibility index (Phi) is 6.66. The predicted octanol–water partition coefficient (Wildman–Crippen LogP) is 1.82. The van der Waals surface area contributed by atoms with Crippen LogP contribution >= 0.6 is 0 Å². The Balaban J connectivity index is 1.48. The Morgan fingerprint density at radius 1 is 1.19 bits per heavy atom. The van der Waals surface area contributed by atoms with Crippen molar-refractivity contribution in [3.63, 3.8) is 0 Å². The summed E-state index contributed by atoms with van der Waals surface area (Å²) in [5.41, 5.74) is 0.283.